The molecule has 0 spiro atoms. The van der Waals surface area contributed by atoms with Crippen LogP contribution in [0.25, 0.3) is 6.08 Å². The number of fused-ring (bicyclic) bond motifs is 1. The van der Waals surface area contributed by atoms with E-state index >= 15 is 0 Å². The van der Waals surface area contributed by atoms with Crippen molar-refractivity contribution in [3.8, 4) is 5.75 Å². The normalized spacial score (nSPS) is 14.6. The zero-order valence-corrected chi connectivity index (χ0v) is 13.4. The number of thiophene rings is 1. The summed E-state index contributed by atoms with van der Waals surface area (Å²) in [5, 5.41) is 5.00. The van der Waals surface area contributed by atoms with Gasteiger partial charge in [0.25, 0.3) is 0 Å². The highest BCUT2D eigenvalue weighted by Gasteiger charge is 2.13. The van der Waals surface area contributed by atoms with Crippen molar-refractivity contribution < 1.29 is 9.53 Å². The van der Waals surface area contributed by atoms with Gasteiger partial charge in [0.05, 0.1) is 6.61 Å². The average Bonchev–Trinajstić information content (AvgIpc) is 3.15. The van der Waals surface area contributed by atoms with Gasteiger partial charge >= 0.3 is 0 Å². The first-order valence-corrected chi connectivity index (χ1v) is 8.35. The number of hydrogen-bond acceptors (Lipinski definition) is 3. The number of benzene rings is 1. The molecular formula is C18H19NO2S. The van der Waals surface area contributed by atoms with Crippen molar-refractivity contribution in [1.82, 2.24) is 5.32 Å². The van der Waals surface area contributed by atoms with Gasteiger partial charge in [-0.2, -0.15) is 0 Å². The molecule has 1 unspecified atom stereocenters. The van der Waals surface area contributed by atoms with E-state index in [0.717, 1.165) is 30.1 Å². The lowest BCUT2D eigenvalue weighted by atomic mass is 10.0. The predicted molar refractivity (Wildman–Crippen MR) is 90.3 cm³/mol. The monoisotopic (exact) mass is 313 g/mol. The second-order valence-corrected chi connectivity index (χ2v) is 6.48. The van der Waals surface area contributed by atoms with Crippen molar-refractivity contribution >= 4 is 23.3 Å². The quantitative estimate of drug-likeness (QED) is 0.859. The number of amides is 1. The third kappa shape index (κ3) is 3.77. The van der Waals surface area contributed by atoms with Crippen molar-refractivity contribution in [2.45, 2.75) is 25.8 Å². The molecule has 1 aliphatic heterocycles. The first kappa shape index (κ1) is 14.9. The molecule has 1 aliphatic rings. The molecular weight excluding hydrogens is 294 g/mol. The molecule has 0 saturated heterocycles. The van der Waals surface area contributed by atoms with Gasteiger partial charge in [0.2, 0.25) is 5.91 Å². The van der Waals surface area contributed by atoms with Crippen LogP contribution in [0.3, 0.4) is 0 Å². The molecule has 1 aromatic heterocycles. The summed E-state index contributed by atoms with van der Waals surface area (Å²) >= 11 is 1.62. The molecule has 4 heteroatoms. The molecule has 2 aromatic rings. The van der Waals surface area contributed by atoms with E-state index in [2.05, 4.69) is 17.4 Å². The number of rotatable bonds is 5. The van der Waals surface area contributed by atoms with Crippen molar-refractivity contribution in [3.63, 3.8) is 0 Å². The SMILES string of the molecule is CC(Cc1ccc2c(c1)CCO2)NC(=O)/C=C/c1cccs1. The summed E-state index contributed by atoms with van der Waals surface area (Å²) in [5.41, 5.74) is 2.51. The molecule has 1 aromatic carbocycles. The predicted octanol–water partition coefficient (Wildman–Crippen LogP) is 3.44. The summed E-state index contributed by atoms with van der Waals surface area (Å²) in [4.78, 5) is 13.0. The number of carbonyl (C=O) groups excluding carboxylic acids is 1. The van der Waals surface area contributed by atoms with Gasteiger partial charge in [0, 0.05) is 23.4 Å². The van der Waals surface area contributed by atoms with Crippen LogP contribution in [-0.4, -0.2) is 18.6 Å². The third-order valence-electron chi connectivity index (χ3n) is 3.63. The van der Waals surface area contributed by atoms with Crippen LogP contribution in [0.5, 0.6) is 5.75 Å². The molecule has 1 atom stereocenters. The Labute approximate surface area is 134 Å². The number of hydrogen-bond donors (Lipinski definition) is 1. The highest BCUT2D eigenvalue weighted by atomic mass is 32.1. The second kappa shape index (κ2) is 6.79. The van der Waals surface area contributed by atoms with E-state index in [1.54, 1.807) is 17.4 Å². The van der Waals surface area contributed by atoms with E-state index in [9.17, 15) is 4.79 Å². The van der Waals surface area contributed by atoms with Crippen LogP contribution in [0, 0.1) is 0 Å². The zero-order chi connectivity index (χ0) is 15.4. The average molecular weight is 313 g/mol. The Bertz CT molecular complexity index is 676. The highest BCUT2D eigenvalue weighted by Crippen LogP contribution is 2.26. The Morgan fingerprint density at radius 1 is 1.45 bits per heavy atom. The van der Waals surface area contributed by atoms with Gasteiger partial charge in [-0.15, -0.1) is 11.3 Å². The molecule has 114 valence electrons. The van der Waals surface area contributed by atoms with E-state index in [0.29, 0.717) is 0 Å². The Morgan fingerprint density at radius 2 is 2.36 bits per heavy atom. The molecule has 1 amide bonds. The lowest BCUT2D eigenvalue weighted by Gasteiger charge is -2.13. The van der Waals surface area contributed by atoms with Gasteiger partial charge in [-0.25, -0.2) is 0 Å². The number of ether oxygens (including phenoxy) is 1. The Morgan fingerprint density at radius 3 is 3.18 bits per heavy atom. The van der Waals surface area contributed by atoms with E-state index < -0.39 is 0 Å². The van der Waals surface area contributed by atoms with Crippen LogP contribution < -0.4 is 10.1 Å². The molecule has 0 aliphatic carbocycles. The van der Waals surface area contributed by atoms with Crippen LogP contribution in [-0.2, 0) is 17.6 Å². The molecule has 3 nitrogen and oxygen atoms in total. The highest BCUT2D eigenvalue weighted by molar-refractivity contribution is 7.10. The molecule has 0 saturated carbocycles. The molecule has 1 N–H and O–H groups in total. The topological polar surface area (TPSA) is 38.3 Å². The lowest BCUT2D eigenvalue weighted by molar-refractivity contribution is -0.117. The van der Waals surface area contributed by atoms with E-state index in [1.807, 2.05) is 36.6 Å². The fraction of sp³-hybridized carbons (Fsp3) is 0.278. The summed E-state index contributed by atoms with van der Waals surface area (Å²) in [6, 6.07) is 10.4. The maximum atomic E-state index is 11.9. The third-order valence-corrected chi connectivity index (χ3v) is 4.46. The summed E-state index contributed by atoms with van der Waals surface area (Å²) in [6.07, 6.45) is 5.25. The lowest BCUT2D eigenvalue weighted by Crippen LogP contribution is -2.32. The van der Waals surface area contributed by atoms with E-state index in [4.69, 9.17) is 4.74 Å². The molecule has 22 heavy (non-hydrogen) atoms. The van der Waals surface area contributed by atoms with Gasteiger partial charge < -0.3 is 10.1 Å². The van der Waals surface area contributed by atoms with Crippen LogP contribution in [0.15, 0.2) is 41.8 Å². The Balaban J connectivity index is 1.53. The standard InChI is InChI=1S/C18H19NO2S/c1-13(19-18(20)7-5-16-3-2-10-22-16)11-14-4-6-17-15(12-14)8-9-21-17/h2-7,10,12-13H,8-9,11H2,1H3,(H,19,20)/b7-5+. The van der Waals surface area contributed by atoms with Crippen molar-refractivity contribution in [2.24, 2.45) is 0 Å². The Hall–Kier alpha value is -2.07. The fourth-order valence-electron chi connectivity index (χ4n) is 2.61. The molecule has 0 fully saturated rings. The van der Waals surface area contributed by atoms with E-state index in [1.165, 1.54) is 11.1 Å². The van der Waals surface area contributed by atoms with Gasteiger partial charge in [0.15, 0.2) is 0 Å². The summed E-state index contributed by atoms with van der Waals surface area (Å²) in [6.45, 7) is 2.80. The molecule has 0 bridgehead atoms. The van der Waals surface area contributed by atoms with Gasteiger partial charge in [-0.1, -0.05) is 18.2 Å². The van der Waals surface area contributed by atoms with Crippen LogP contribution >= 0.6 is 11.3 Å². The first-order chi connectivity index (χ1) is 10.7. The van der Waals surface area contributed by atoms with Crippen molar-refractivity contribution in [1.29, 1.82) is 0 Å². The number of nitrogens with one attached hydrogen (secondary N) is 1. The van der Waals surface area contributed by atoms with Gasteiger partial charge in [-0.3, -0.25) is 4.79 Å². The Kier molecular flexibility index (Phi) is 4.59. The summed E-state index contributed by atoms with van der Waals surface area (Å²) < 4.78 is 5.51. The minimum atomic E-state index is -0.0506. The molecule has 0 radical (unpaired) electrons. The van der Waals surface area contributed by atoms with Gasteiger partial charge in [0.1, 0.15) is 5.75 Å². The minimum Gasteiger partial charge on any atom is -0.493 e. The maximum Gasteiger partial charge on any atom is 0.244 e. The first-order valence-electron chi connectivity index (χ1n) is 7.47. The maximum absolute atomic E-state index is 11.9. The number of carbonyl (C=O) groups is 1. The second-order valence-electron chi connectivity index (χ2n) is 5.50. The minimum absolute atomic E-state index is 0.0506. The van der Waals surface area contributed by atoms with Gasteiger partial charge in [-0.05, 0) is 48.1 Å². The summed E-state index contributed by atoms with van der Waals surface area (Å²) in [7, 11) is 0. The molecule has 3 rings (SSSR count). The smallest absolute Gasteiger partial charge is 0.244 e. The van der Waals surface area contributed by atoms with Crippen molar-refractivity contribution in [3.05, 3.63) is 57.8 Å². The van der Waals surface area contributed by atoms with Crippen LogP contribution in [0.2, 0.25) is 0 Å². The van der Waals surface area contributed by atoms with E-state index in [-0.39, 0.29) is 11.9 Å². The molecule has 2 heterocycles. The largest absolute Gasteiger partial charge is 0.493 e. The van der Waals surface area contributed by atoms with Crippen LogP contribution in [0.1, 0.15) is 22.9 Å². The fourth-order valence-corrected chi connectivity index (χ4v) is 3.22. The van der Waals surface area contributed by atoms with Crippen molar-refractivity contribution in [2.75, 3.05) is 6.61 Å². The van der Waals surface area contributed by atoms with Crippen LogP contribution in [0.4, 0.5) is 0 Å². The zero-order valence-electron chi connectivity index (χ0n) is 12.5. The summed E-state index contributed by atoms with van der Waals surface area (Å²) in [5.74, 6) is 0.949.